The SMILES string of the molecule is CN=C(NCc1cc(-c2ccccc2)on1)NCC(c1cccs1)N1CCOCC1. The van der Waals surface area contributed by atoms with Crippen molar-refractivity contribution in [1.82, 2.24) is 20.7 Å². The lowest BCUT2D eigenvalue weighted by Gasteiger charge is -2.34. The Balaban J connectivity index is 1.33. The van der Waals surface area contributed by atoms with Crippen LogP contribution in [0.25, 0.3) is 11.3 Å². The van der Waals surface area contributed by atoms with Gasteiger partial charge in [0.1, 0.15) is 5.69 Å². The fourth-order valence-corrected chi connectivity index (χ4v) is 4.36. The summed E-state index contributed by atoms with van der Waals surface area (Å²) in [5.41, 5.74) is 1.85. The van der Waals surface area contributed by atoms with Gasteiger partial charge in [0.15, 0.2) is 11.7 Å². The molecule has 0 saturated carbocycles. The molecule has 4 rings (SSSR count). The minimum atomic E-state index is 0.296. The van der Waals surface area contributed by atoms with Crippen LogP contribution in [0.3, 0.4) is 0 Å². The molecule has 3 aromatic rings. The fourth-order valence-electron chi connectivity index (χ4n) is 3.50. The van der Waals surface area contributed by atoms with Gasteiger partial charge in [-0.05, 0) is 11.4 Å². The molecule has 2 N–H and O–H groups in total. The molecular formula is C22H27N5O2S. The summed E-state index contributed by atoms with van der Waals surface area (Å²) in [7, 11) is 1.78. The Bertz CT molecular complexity index is 920. The van der Waals surface area contributed by atoms with Gasteiger partial charge < -0.3 is 19.9 Å². The molecular weight excluding hydrogens is 398 g/mol. The first-order valence-electron chi connectivity index (χ1n) is 10.1. The van der Waals surface area contributed by atoms with Gasteiger partial charge in [0, 0.05) is 43.2 Å². The molecule has 8 heteroatoms. The number of aromatic nitrogens is 1. The highest BCUT2D eigenvalue weighted by Gasteiger charge is 2.23. The van der Waals surface area contributed by atoms with Crippen LogP contribution in [-0.2, 0) is 11.3 Å². The van der Waals surface area contributed by atoms with Gasteiger partial charge in [-0.1, -0.05) is 41.6 Å². The highest BCUT2D eigenvalue weighted by atomic mass is 32.1. The van der Waals surface area contributed by atoms with Crippen LogP contribution in [-0.4, -0.2) is 55.9 Å². The van der Waals surface area contributed by atoms with E-state index in [2.05, 4.69) is 43.2 Å². The van der Waals surface area contributed by atoms with Gasteiger partial charge in [0.25, 0.3) is 0 Å². The molecule has 0 spiro atoms. The highest BCUT2D eigenvalue weighted by molar-refractivity contribution is 7.10. The molecule has 30 heavy (non-hydrogen) atoms. The molecule has 7 nitrogen and oxygen atoms in total. The van der Waals surface area contributed by atoms with Crippen LogP contribution in [0.1, 0.15) is 16.6 Å². The zero-order chi connectivity index (χ0) is 20.6. The summed E-state index contributed by atoms with van der Waals surface area (Å²) in [6.45, 7) is 4.76. The Morgan fingerprint density at radius 3 is 2.73 bits per heavy atom. The normalized spacial score (nSPS) is 16.4. The van der Waals surface area contributed by atoms with Crippen LogP contribution in [0, 0.1) is 0 Å². The Morgan fingerprint density at radius 1 is 1.17 bits per heavy atom. The van der Waals surface area contributed by atoms with Crippen molar-refractivity contribution in [1.29, 1.82) is 0 Å². The summed E-state index contributed by atoms with van der Waals surface area (Å²) in [5, 5.41) is 13.1. The predicted molar refractivity (Wildman–Crippen MR) is 120 cm³/mol. The predicted octanol–water partition coefficient (Wildman–Crippen LogP) is 3.14. The van der Waals surface area contributed by atoms with Crippen molar-refractivity contribution in [3.63, 3.8) is 0 Å². The molecule has 0 radical (unpaired) electrons. The van der Waals surface area contributed by atoms with E-state index in [1.165, 1.54) is 4.88 Å². The van der Waals surface area contributed by atoms with Crippen LogP contribution >= 0.6 is 11.3 Å². The number of rotatable bonds is 7. The molecule has 1 unspecified atom stereocenters. The second-order valence-electron chi connectivity index (χ2n) is 7.03. The summed E-state index contributed by atoms with van der Waals surface area (Å²) in [5.74, 6) is 1.51. The van der Waals surface area contributed by atoms with Crippen LogP contribution in [0.5, 0.6) is 0 Å². The van der Waals surface area contributed by atoms with Gasteiger partial charge in [0.05, 0.1) is 25.8 Å². The number of hydrogen-bond acceptors (Lipinski definition) is 6. The van der Waals surface area contributed by atoms with Crippen LogP contribution in [0.15, 0.2) is 63.4 Å². The molecule has 1 aliphatic rings. The Morgan fingerprint density at radius 2 is 2.00 bits per heavy atom. The molecule has 2 aromatic heterocycles. The number of morpholine rings is 1. The van der Waals surface area contributed by atoms with Crippen molar-refractivity contribution in [2.45, 2.75) is 12.6 Å². The van der Waals surface area contributed by atoms with E-state index >= 15 is 0 Å². The first-order valence-corrected chi connectivity index (χ1v) is 11.0. The lowest BCUT2D eigenvalue weighted by Crippen LogP contribution is -2.46. The van der Waals surface area contributed by atoms with E-state index in [-0.39, 0.29) is 0 Å². The first kappa shape index (κ1) is 20.6. The molecule has 1 atom stereocenters. The monoisotopic (exact) mass is 425 g/mol. The standard InChI is InChI=1S/C22H27N5O2S/c1-23-22(24-15-18-14-20(29-26-18)17-6-3-2-4-7-17)25-16-19(21-8-5-13-30-21)27-9-11-28-12-10-27/h2-8,13-14,19H,9-12,15-16H2,1H3,(H2,23,24,25). The van der Waals surface area contributed by atoms with Crippen molar-refractivity contribution < 1.29 is 9.26 Å². The minimum Gasteiger partial charge on any atom is -0.379 e. The maximum Gasteiger partial charge on any atom is 0.191 e. The summed E-state index contributed by atoms with van der Waals surface area (Å²) in [4.78, 5) is 8.19. The quantitative estimate of drug-likeness (QED) is 0.447. The number of thiophene rings is 1. The van der Waals surface area contributed by atoms with Crippen molar-refractivity contribution in [3.8, 4) is 11.3 Å². The van der Waals surface area contributed by atoms with Crippen molar-refractivity contribution in [3.05, 3.63) is 64.5 Å². The summed E-state index contributed by atoms with van der Waals surface area (Å²) in [6, 6.07) is 16.5. The summed E-state index contributed by atoms with van der Waals surface area (Å²) >= 11 is 1.79. The van der Waals surface area contributed by atoms with Crippen molar-refractivity contribution in [2.75, 3.05) is 39.9 Å². The molecule has 0 bridgehead atoms. The van der Waals surface area contributed by atoms with Crippen molar-refractivity contribution >= 4 is 17.3 Å². The largest absolute Gasteiger partial charge is 0.379 e. The topological polar surface area (TPSA) is 74.9 Å². The molecule has 1 fully saturated rings. The van der Waals surface area contributed by atoms with Gasteiger partial charge in [0.2, 0.25) is 0 Å². The zero-order valence-electron chi connectivity index (χ0n) is 17.1. The van der Waals surface area contributed by atoms with Crippen LogP contribution in [0.4, 0.5) is 0 Å². The zero-order valence-corrected chi connectivity index (χ0v) is 17.9. The van der Waals surface area contributed by atoms with E-state index in [0.717, 1.165) is 55.8 Å². The summed E-state index contributed by atoms with van der Waals surface area (Å²) in [6.07, 6.45) is 0. The van der Waals surface area contributed by atoms with Gasteiger partial charge in [-0.25, -0.2) is 0 Å². The third kappa shape index (κ3) is 5.27. The molecule has 1 aliphatic heterocycles. The maximum absolute atomic E-state index is 5.52. The van der Waals surface area contributed by atoms with Gasteiger partial charge in [-0.2, -0.15) is 0 Å². The number of hydrogen-bond donors (Lipinski definition) is 2. The average Bonchev–Trinajstić information content (AvgIpc) is 3.50. The van der Waals surface area contributed by atoms with E-state index < -0.39 is 0 Å². The number of nitrogens with one attached hydrogen (secondary N) is 2. The van der Waals surface area contributed by atoms with Gasteiger partial charge >= 0.3 is 0 Å². The fraction of sp³-hybridized carbons (Fsp3) is 0.364. The van der Waals surface area contributed by atoms with E-state index in [9.17, 15) is 0 Å². The number of guanidine groups is 1. The van der Waals surface area contributed by atoms with E-state index in [0.29, 0.717) is 12.6 Å². The molecule has 0 amide bonds. The number of nitrogens with zero attached hydrogens (tertiary/aromatic N) is 3. The Labute approximate surface area is 180 Å². The molecule has 3 heterocycles. The smallest absolute Gasteiger partial charge is 0.191 e. The van der Waals surface area contributed by atoms with Crippen molar-refractivity contribution in [2.24, 2.45) is 4.99 Å². The maximum atomic E-state index is 5.52. The Hall–Kier alpha value is -2.68. The average molecular weight is 426 g/mol. The second-order valence-corrected chi connectivity index (χ2v) is 8.01. The summed E-state index contributed by atoms with van der Waals surface area (Å²) < 4.78 is 11.0. The highest BCUT2D eigenvalue weighted by Crippen LogP contribution is 2.25. The van der Waals surface area contributed by atoms with Gasteiger partial charge in [-0.3, -0.25) is 9.89 Å². The van der Waals surface area contributed by atoms with Crippen LogP contribution in [0.2, 0.25) is 0 Å². The first-order chi connectivity index (χ1) is 14.8. The second kappa shape index (κ2) is 10.4. The van der Waals surface area contributed by atoms with E-state index in [4.69, 9.17) is 9.26 Å². The number of ether oxygens (including phenoxy) is 1. The number of benzene rings is 1. The lowest BCUT2D eigenvalue weighted by atomic mass is 10.2. The van der Waals surface area contributed by atoms with E-state index in [1.54, 1.807) is 18.4 Å². The van der Waals surface area contributed by atoms with Gasteiger partial charge in [-0.15, -0.1) is 11.3 Å². The number of aliphatic imine (C=N–C) groups is 1. The van der Waals surface area contributed by atoms with Crippen LogP contribution < -0.4 is 10.6 Å². The lowest BCUT2D eigenvalue weighted by molar-refractivity contribution is 0.0177. The third-order valence-corrected chi connectivity index (χ3v) is 6.07. The minimum absolute atomic E-state index is 0.296. The van der Waals surface area contributed by atoms with E-state index in [1.807, 2.05) is 36.4 Å². The molecule has 1 saturated heterocycles. The molecule has 1 aromatic carbocycles. The Kier molecular flexibility index (Phi) is 7.12. The molecule has 0 aliphatic carbocycles. The third-order valence-electron chi connectivity index (χ3n) is 5.10. The molecule has 158 valence electrons.